The molecule has 118 valence electrons. The lowest BCUT2D eigenvalue weighted by Gasteiger charge is -2.15. The van der Waals surface area contributed by atoms with Gasteiger partial charge in [0.1, 0.15) is 5.82 Å². The fraction of sp³-hybridized carbons (Fsp3) is 0.571. The van der Waals surface area contributed by atoms with Crippen molar-refractivity contribution in [1.29, 1.82) is 0 Å². The number of sulfonamides is 1. The molecule has 0 spiro atoms. The number of rotatable bonds is 7. The Hall–Kier alpha value is -0.690. The van der Waals surface area contributed by atoms with Crippen LogP contribution in [0.1, 0.15) is 38.2 Å². The molecule has 7 heteroatoms. The zero-order valence-electron chi connectivity index (χ0n) is 12.0. The normalized spacial score (nSPS) is 17.0. The van der Waals surface area contributed by atoms with Crippen molar-refractivity contribution in [3.63, 3.8) is 0 Å². The van der Waals surface area contributed by atoms with Gasteiger partial charge in [-0.1, -0.05) is 24.9 Å². The van der Waals surface area contributed by atoms with Crippen LogP contribution in [0.5, 0.6) is 0 Å². The molecule has 1 aromatic rings. The second-order valence-corrected chi connectivity index (χ2v) is 7.80. The number of hydrogen-bond acceptors (Lipinski definition) is 3. The highest BCUT2D eigenvalue weighted by Gasteiger charge is 2.42. The van der Waals surface area contributed by atoms with Crippen LogP contribution in [-0.2, 0) is 16.6 Å². The molecule has 0 atom stereocenters. The highest BCUT2D eigenvalue weighted by Crippen LogP contribution is 2.49. The van der Waals surface area contributed by atoms with Crippen LogP contribution in [0.3, 0.4) is 0 Å². The topological polar surface area (TPSA) is 72.2 Å². The maximum atomic E-state index is 13.7. The van der Waals surface area contributed by atoms with Gasteiger partial charge in [-0.3, -0.25) is 0 Å². The van der Waals surface area contributed by atoms with Crippen molar-refractivity contribution in [3.8, 4) is 0 Å². The average Bonchev–Trinajstić information content (AvgIpc) is 3.20. The van der Waals surface area contributed by atoms with Gasteiger partial charge in [-0.15, -0.1) is 0 Å². The maximum Gasteiger partial charge on any atom is 0.240 e. The summed E-state index contributed by atoms with van der Waals surface area (Å²) in [7, 11) is -3.75. The van der Waals surface area contributed by atoms with E-state index in [1.165, 1.54) is 6.07 Å². The molecule has 1 saturated carbocycles. The zero-order chi connectivity index (χ0) is 15.7. The Balaban J connectivity index is 2.18. The zero-order valence-corrected chi connectivity index (χ0v) is 13.5. The fourth-order valence-corrected chi connectivity index (χ4v) is 3.88. The second kappa shape index (κ2) is 6.20. The van der Waals surface area contributed by atoms with Crippen LogP contribution in [0.4, 0.5) is 4.39 Å². The van der Waals surface area contributed by atoms with E-state index in [4.69, 9.17) is 17.3 Å². The van der Waals surface area contributed by atoms with Crippen LogP contribution in [0, 0.1) is 11.2 Å². The molecule has 1 aromatic carbocycles. The number of halogens is 2. The molecular weight excluding hydrogens is 315 g/mol. The summed E-state index contributed by atoms with van der Waals surface area (Å²) in [5, 5.41) is -0.124. The van der Waals surface area contributed by atoms with Crippen molar-refractivity contribution < 1.29 is 12.8 Å². The molecule has 0 amide bonds. The first-order valence-electron chi connectivity index (χ1n) is 7.01. The first-order valence-corrected chi connectivity index (χ1v) is 8.87. The van der Waals surface area contributed by atoms with Gasteiger partial charge < -0.3 is 5.73 Å². The second-order valence-electron chi connectivity index (χ2n) is 5.66. The molecule has 1 fully saturated rings. The summed E-state index contributed by atoms with van der Waals surface area (Å²) in [6, 6.07) is 2.26. The summed E-state index contributed by atoms with van der Waals surface area (Å²) in [5.41, 5.74) is 5.83. The first kappa shape index (κ1) is 16.7. The molecule has 4 nitrogen and oxygen atoms in total. The van der Waals surface area contributed by atoms with Crippen molar-refractivity contribution in [3.05, 3.63) is 28.5 Å². The lowest BCUT2D eigenvalue weighted by molar-refractivity contribution is 0.449. The van der Waals surface area contributed by atoms with E-state index in [1.54, 1.807) is 0 Å². The minimum absolute atomic E-state index is 0.0150. The van der Waals surface area contributed by atoms with Crippen molar-refractivity contribution in [2.75, 3.05) is 6.54 Å². The highest BCUT2D eigenvalue weighted by atomic mass is 35.5. The Kier molecular flexibility index (Phi) is 4.92. The van der Waals surface area contributed by atoms with Gasteiger partial charge in [-0.25, -0.2) is 17.5 Å². The Labute approximate surface area is 129 Å². The van der Waals surface area contributed by atoms with Gasteiger partial charge in [0.2, 0.25) is 10.0 Å². The van der Waals surface area contributed by atoms with E-state index in [2.05, 4.69) is 11.6 Å². The van der Waals surface area contributed by atoms with E-state index in [9.17, 15) is 12.8 Å². The molecule has 0 aliphatic heterocycles. The van der Waals surface area contributed by atoms with Crippen LogP contribution < -0.4 is 10.5 Å². The highest BCUT2D eigenvalue weighted by molar-refractivity contribution is 7.89. The van der Waals surface area contributed by atoms with Crippen molar-refractivity contribution in [2.45, 2.75) is 44.0 Å². The maximum absolute atomic E-state index is 13.7. The Bertz CT molecular complexity index is 630. The van der Waals surface area contributed by atoms with Gasteiger partial charge in [0, 0.05) is 13.1 Å². The molecule has 0 radical (unpaired) electrons. The molecule has 3 N–H and O–H groups in total. The van der Waals surface area contributed by atoms with E-state index in [0.29, 0.717) is 6.54 Å². The van der Waals surface area contributed by atoms with Crippen LogP contribution in [0.2, 0.25) is 5.02 Å². The van der Waals surface area contributed by atoms with Gasteiger partial charge >= 0.3 is 0 Å². The predicted octanol–water partition coefficient (Wildman–Crippen LogP) is 2.80. The first-order chi connectivity index (χ1) is 9.83. The van der Waals surface area contributed by atoms with E-state index in [0.717, 1.165) is 31.7 Å². The minimum atomic E-state index is -3.75. The number of benzene rings is 1. The van der Waals surface area contributed by atoms with E-state index in [1.807, 2.05) is 0 Å². The quantitative estimate of drug-likeness (QED) is 0.805. The minimum Gasteiger partial charge on any atom is -0.326 e. The summed E-state index contributed by atoms with van der Waals surface area (Å²) < 4.78 is 40.8. The van der Waals surface area contributed by atoms with E-state index in [-0.39, 0.29) is 27.4 Å². The smallest absolute Gasteiger partial charge is 0.240 e. The fourth-order valence-electron chi connectivity index (χ4n) is 2.48. The Morgan fingerprint density at radius 1 is 1.43 bits per heavy atom. The van der Waals surface area contributed by atoms with Gasteiger partial charge in [0.25, 0.3) is 0 Å². The largest absolute Gasteiger partial charge is 0.326 e. The average molecular weight is 335 g/mol. The van der Waals surface area contributed by atoms with Crippen LogP contribution in [0.25, 0.3) is 0 Å². The molecule has 0 bridgehead atoms. The predicted molar refractivity (Wildman–Crippen MR) is 81.1 cm³/mol. The summed E-state index contributed by atoms with van der Waals surface area (Å²) in [6.07, 6.45) is 4.09. The standard InChI is InChI=1S/C14H20ClFN2O2S/c1-2-3-14(4-5-14)9-18-21(19,20)11-6-10(8-17)13(15)12(16)7-11/h6-7,18H,2-5,8-9,17H2,1H3. The third-order valence-electron chi connectivity index (χ3n) is 3.98. The van der Waals surface area contributed by atoms with Gasteiger partial charge in [-0.05, 0) is 42.4 Å². The molecule has 0 aromatic heterocycles. The molecule has 1 aliphatic rings. The third-order valence-corrected chi connectivity index (χ3v) is 5.79. The summed E-state index contributed by atoms with van der Waals surface area (Å²) in [6.45, 7) is 2.46. The summed E-state index contributed by atoms with van der Waals surface area (Å²) in [4.78, 5) is -0.128. The number of nitrogens with one attached hydrogen (secondary N) is 1. The van der Waals surface area contributed by atoms with Gasteiger partial charge in [0.15, 0.2) is 0 Å². The van der Waals surface area contributed by atoms with Crippen molar-refractivity contribution in [1.82, 2.24) is 4.72 Å². The van der Waals surface area contributed by atoms with Crippen molar-refractivity contribution in [2.24, 2.45) is 11.1 Å². The molecule has 0 heterocycles. The molecule has 1 aliphatic carbocycles. The number of hydrogen-bond donors (Lipinski definition) is 2. The summed E-state index contributed by atoms with van der Waals surface area (Å²) >= 11 is 5.75. The van der Waals surface area contributed by atoms with Crippen LogP contribution in [0.15, 0.2) is 17.0 Å². The Morgan fingerprint density at radius 2 is 2.10 bits per heavy atom. The number of nitrogens with two attached hydrogens (primary N) is 1. The van der Waals surface area contributed by atoms with Crippen LogP contribution >= 0.6 is 11.6 Å². The van der Waals surface area contributed by atoms with E-state index >= 15 is 0 Å². The monoisotopic (exact) mass is 334 g/mol. The molecule has 0 unspecified atom stereocenters. The van der Waals surface area contributed by atoms with Gasteiger partial charge in [-0.2, -0.15) is 0 Å². The van der Waals surface area contributed by atoms with Crippen molar-refractivity contribution >= 4 is 21.6 Å². The van der Waals surface area contributed by atoms with Crippen LogP contribution in [-0.4, -0.2) is 15.0 Å². The molecule has 0 saturated heterocycles. The van der Waals surface area contributed by atoms with Gasteiger partial charge in [0.05, 0.1) is 9.92 Å². The SMILES string of the molecule is CCCC1(CNS(=O)(=O)c2cc(F)c(Cl)c(CN)c2)CC1. The molecule has 2 rings (SSSR count). The lowest BCUT2D eigenvalue weighted by atomic mass is 10.0. The van der Waals surface area contributed by atoms with E-state index < -0.39 is 15.8 Å². The third kappa shape index (κ3) is 3.74. The Morgan fingerprint density at radius 3 is 2.62 bits per heavy atom. The molecular formula is C14H20ClFN2O2S. The summed E-state index contributed by atoms with van der Waals surface area (Å²) in [5.74, 6) is -0.769. The lowest BCUT2D eigenvalue weighted by Crippen LogP contribution is -2.30. The molecule has 21 heavy (non-hydrogen) atoms.